The molecular weight excluding hydrogens is 204 g/mol. The number of nitrogen functional groups attached to an aromatic ring is 1. The van der Waals surface area contributed by atoms with Crippen LogP contribution in [0.2, 0.25) is 0 Å². The minimum absolute atomic E-state index is 0.0589. The Balaban J connectivity index is 2.11. The summed E-state index contributed by atoms with van der Waals surface area (Å²) in [7, 11) is 0. The third kappa shape index (κ3) is 2.20. The second kappa shape index (κ2) is 4.06. The van der Waals surface area contributed by atoms with E-state index in [9.17, 15) is 0 Å². The molecule has 2 rings (SSSR count). The van der Waals surface area contributed by atoms with Gasteiger partial charge in [-0.05, 0) is 31.2 Å². The van der Waals surface area contributed by atoms with Gasteiger partial charge in [0.05, 0.1) is 6.20 Å². The van der Waals surface area contributed by atoms with Gasteiger partial charge in [-0.1, -0.05) is 0 Å². The second-order valence-corrected chi connectivity index (χ2v) is 3.39. The fourth-order valence-electron chi connectivity index (χ4n) is 1.25. The summed E-state index contributed by atoms with van der Waals surface area (Å²) >= 11 is 0. The van der Waals surface area contributed by atoms with Gasteiger partial charge in [0.2, 0.25) is 11.8 Å². The number of rotatable bonds is 2. The lowest BCUT2D eigenvalue weighted by molar-refractivity contribution is 0.527. The van der Waals surface area contributed by atoms with Crippen molar-refractivity contribution in [3.8, 4) is 5.88 Å². The molecule has 0 spiro atoms. The zero-order valence-electron chi connectivity index (χ0n) is 8.82. The van der Waals surface area contributed by atoms with Crippen LogP contribution in [0.1, 0.15) is 11.4 Å². The van der Waals surface area contributed by atoms with Crippen molar-refractivity contribution in [2.45, 2.75) is 6.92 Å². The first-order valence-electron chi connectivity index (χ1n) is 4.79. The summed E-state index contributed by atoms with van der Waals surface area (Å²) in [5.74, 6) is 1.27. The Bertz CT molecular complexity index is 501. The van der Waals surface area contributed by atoms with E-state index in [1.807, 2.05) is 6.92 Å². The number of hydrogen-bond acceptors (Lipinski definition) is 4. The lowest BCUT2D eigenvalue weighted by Gasteiger charge is -2.04. The maximum atomic E-state index is 7.74. The molecule has 5 nitrogen and oxygen atoms in total. The molecule has 0 amide bonds. The van der Waals surface area contributed by atoms with Gasteiger partial charge in [0.25, 0.3) is 0 Å². The van der Waals surface area contributed by atoms with Crippen LogP contribution in [-0.4, -0.2) is 15.9 Å². The fourth-order valence-corrected chi connectivity index (χ4v) is 1.25. The highest BCUT2D eigenvalue weighted by Gasteiger charge is 2.05. The van der Waals surface area contributed by atoms with Crippen LogP contribution in [0, 0.1) is 12.3 Å². The Kier molecular flexibility index (Phi) is 2.59. The van der Waals surface area contributed by atoms with Crippen molar-refractivity contribution in [1.82, 2.24) is 9.97 Å². The summed E-state index contributed by atoms with van der Waals surface area (Å²) < 4.78 is 5.29. The molecule has 0 radical (unpaired) electrons. The highest BCUT2D eigenvalue weighted by atomic mass is 16.5. The van der Waals surface area contributed by atoms with Crippen LogP contribution >= 0.6 is 0 Å². The Labute approximate surface area is 92.8 Å². The number of ether oxygens (including phenoxy) is 1. The summed E-state index contributed by atoms with van der Waals surface area (Å²) in [6.07, 6.45) is 1.54. The van der Waals surface area contributed by atoms with Gasteiger partial charge < -0.3 is 15.5 Å². The molecule has 0 atom stereocenters. The van der Waals surface area contributed by atoms with Crippen molar-refractivity contribution < 1.29 is 4.74 Å². The van der Waals surface area contributed by atoms with Crippen LogP contribution in [0.4, 0.5) is 5.69 Å². The third-order valence-electron chi connectivity index (χ3n) is 2.06. The zero-order chi connectivity index (χ0) is 11.5. The molecule has 5 heteroatoms. The van der Waals surface area contributed by atoms with Crippen LogP contribution < -0.4 is 10.5 Å². The van der Waals surface area contributed by atoms with Gasteiger partial charge in [-0.25, -0.2) is 4.98 Å². The molecule has 82 valence electrons. The molecule has 1 aromatic heterocycles. The van der Waals surface area contributed by atoms with E-state index in [0.717, 1.165) is 5.82 Å². The number of benzene rings is 1. The Morgan fingerprint density at radius 2 is 2.06 bits per heavy atom. The molecule has 0 saturated carbocycles. The number of aromatic nitrogens is 2. The SMILES string of the molecule is Cc1ncc(OC(=N)c2ccc(N)cc2)[nH]1. The monoisotopic (exact) mass is 216 g/mol. The van der Waals surface area contributed by atoms with Crippen LogP contribution in [0.25, 0.3) is 0 Å². The number of aromatic amines is 1. The number of nitrogens with one attached hydrogen (secondary N) is 2. The molecule has 0 aliphatic rings. The van der Waals surface area contributed by atoms with Crippen molar-refractivity contribution in [1.29, 1.82) is 5.41 Å². The van der Waals surface area contributed by atoms with Crippen molar-refractivity contribution in [3.63, 3.8) is 0 Å². The third-order valence-corrected chi connectivity index (χ3v) is 2.06. The predicted octanol–water partition coefficient (Wildman–Crippen LogP) is 1.70. The largest absolute Gasteiger partial charge is 0.421 e. The number of imidazole rings is 1. The molecule has 4 N–H and O–H groups in total. The predicted molar refractivity (Wildman–Crippen MR) is 61.6 cm³/mol. The summed E-state index contributed by atoms with van der Waals surface area (Å²) in [5, 5.41) is 7.74. The quantitative estimate of drug-likeness (QED) is 0.405. The highest BCUT2D eigenvalue weighted by molar-refractivity contribution is 5.93. The maximum Gasteiger partial charge on any atom is 0.221 e. The molecule has 0 aliphatic heterocycles. The highest BCUT2D eigenvalue weighted by Crippen LogP contribution is 2.11. The molecule has 1 aromatic carbocycles. The van der Waals surface area contributed by atoms with E-state index in [1.54, 1.807) is 30.5 Å². The van der Waals surface area contributed by atoms with E-state index < -0.39 is 0 Å². The van der Waals surface area contributed by atoms with Crippen LogP contribution in [-0.2, 0) is 0 Å². The van der Waals surface area contributed by atoms with E-state index in [-0.39, 0.29) is 5.90 Å². The first-order chi connectivity index (χ1) is 7.65. The molecular formula is C11H12N4O. The molecule has 0 saturated heterocycles. The van der Waals surface area contributed by atoms with Gasteiger partial charge in [0, 0.05) is 11.3 Å². The normalized spacial score (nSPS) is 10.1. The van der Waals surface area contributed by atoms with Crippen molar-refractivity contribution in [2.75, 3.05) is 5.73 Å². The zero-order valence-corrected chi connectivity index (χ0v) is 8.82. The van der Waals surface area contributed by atoms with Gasteiger partial charge >= 0.3 is 0 Å². The second-order valence-electron chi connectivity index (χ2n) is 3.39. The van der Waals surface area contributed by atoms with Crippen LogP contribution in [0.3, 0.4) is 0 Å². The number of nitrogens with zero attached hydrogens (tertiary/aromatic N) is 1. The topological polar surface area (TPSA) is 87.8 Å². The lowest BCUT2D eigenvalue weighted by atomic mass is 10.2. The van der Waals surface area contributed by atoms with Gasteiger partial charge in [-0.15, -0.1) is 0 Å². The minimum atomic E-state index is 0.0589. The molecule has 0 unspecified atom stereocenters. The first-order valence-corrected chi connectivity index (χ1v) is 4.79. The lowest BCUT2D eigenvalue weighted by Crippen LogP contribution is -2.08. The number of H-pyrrole nitrogens is 1. The molecule has 0 aliphatic carbocycles. The van der Waals surface area contributed by atoms with Gasteiger partial charge in [-0.3, -0.25) is 5.41 Å². The summed E-state index contributed by atoms with van der Waals surface area (Å²) in [5.41, 5.74) is 6.88. The molecule has 0 fully saturated rings. The van der Waals surface area contributed by atoms with Crippen molar-refractivity contribution in [2.24, 2.45) is 0 Å². The van der Waals surface area contributed by atoms with E-state index >= 15 is 0 Å². The average molecular weight is 216 g/mol. The molecule has 2 aromatic rings. The van der Waals surface area contributed by atoms with Gasteiger partial charge in [0.15, 0.2) is 0 Å². The Morgan fingerprint density at radius 1 is 1.38 bits per heavy atom. The number of aryl methyl sites for hydroxylation is 1. The van der Waals surface area contributed by atoms with Crippen molar-refractivity contribution >= 4 is 11.6 Å². The van der Waals surface area contributed by atoms with Gasteiger partial charge in [-0.2, -0.15) is 0 Å². The van der Waals surface area contributed by atoms with E-state index in [1.165, 1.54) is 0 Å². The number of hydrogen-bond donors (Lipinski definition) is 3. The van der Waals surface area contributed by atoms with Crippen LogP contribution in [0.5, 0.6) is 5.88 Å². The molecule has 1 heterocycles. The summed E-state index contributed by atoms with van der Waals surface area (Å²) in [6, 6.07) is 6.93. The minimum Gasteiger partial charge on any atom is -0.421 e. The summed E-state index contributed by atoms with van der Waals surface area (Å²) in [6.45, 7) is 1.82. The molecule has 16 heavy (non-hydrogen) atoms. The number of nitrogens with two attached hydrogens (primary N) is 1. The van der Waals surface area contributed by atoms with Crippen LogP contribution in [0.15, 0.2) is 30.5 Å². The average Bonchev–Trinajstić information content (AvgIpc) is 2.65. The van der Waals surface area contributed by atoms with Crippen molar-refractivity contribution in [3.05, 3.63) is 41.9 Å². The Hall–Kier alpha value is -2.30. The standard InChI is InChI=1S/C11H12N4O/c1-7-14-6-10(15-7)16-11(13)8-2-4-9(12)5-3-8/h2-6,13H,12H2,1H3,(H,14,15). The fraction of sp³-hybridized carbons (Fsp3) is 0.0909. The first kappa shape index (κ1) is 10.2. The number of anilines is 1. The van der Waals surface area contributed by atoms with E-state index in [4.69, 9.17) is 15.9 Å². The molecule has 0 bridgehead atoms. The smallest absolute Gasteiger partial charge is 0.221 e. The maximum absolute atomic E-state index is 7.74. The van der Waals surface area contributed by atoms with E-state index in [0.29, 0.717) is 17.1 Å². The van der Waals surface area contributed by atoms with Gasteiger partial charge in [0.1, 0.15) is 5.82 Å². The summed E-state index contributed by atoms with van der Waals surface area (Å²) in [4.78, 5) is 6.87. The Morgan fingerprint density at radius 3 is 2.62 bits per heavy atom. The van der Waals surface area contributed by atoms with E-state index in [2.05, 4.69) is 9.97 Å².